The lowest BCUT2D eigenvalue weighted by molar-refractivity contribution is 0.0190. The minimum atomic E-state index is -3.60. The lowest BCUT2D eigenvalue weighted by Crippen LogP contribution is -2.49. The van der Waals surface area contributed by atoms with Gasteiger partial charge >= 0.3 is 0 Å². The lowest BCUT2D eigenvalue weighted by Gasteiger charge is -2.41. The summed E-state index contributed by atoms with van der Waals surface area (Å²) in [5.74, 6) is 0. The largest absolute Gasteiger partial charge is 0.381 e. The Balaban J connectivity index is 1.63. The van der Waals surface area contributed by atoms with Crippen LogP contribution in [0.4, 0.5) is 0 Å². The van der Waals surface area contributed by atoms with Gasteiger partial charge in [-0.05, 0) is 37.8 Å². The molecule has 2 saturated heterocycles. The first-order valence-electron chi connectivity index (χ1n) is 8.82. The normalized spacial score (nSPS) is 21.9. The number of likely N-dealkylation sites (tertiary alicyclic amines) is 1. The van der Waals surface area contributed by atoms with Crippen molar-refractivity contribution < 1.29 is 13.2 Å². The molecular weight excluding hydrogens is 338 g/mol. The van der Waals surface area contributed by atoms with Gasteiger partial charge in [0.25, 0.3) is 0 Å². The summed E-state index contributed by atoms with van der Waals surface area (Å²) in [6.45, 7) is 3.06. The predicted octanol–water partition coefficient (Wildman–Crippen LogP) is 1.82. The SMILES string of the molecule is COC1CCN(C2CCN(S(=O)(=O)c3ccccc3C#N)CC2)CC1. The second-order valence-electron chi connectivity index (χ2n) is 6.71. The molecule has 0 unspecified atom stereocenters. The van der Waals surface area contributed by atoms with Crippen LogP contribution in [0.25, 0.3) is 0 Å². The van der Waals surface area contributed by atoms with Crippen molar-refractivity contribution in [3.05, 3.63) is 29.8 Å². The van der Waals surface area contributed by atoms with Gasteiger partial charge in [0.1, 0.15) is 6.07 Å². The number of piperidine rings is 2. The summed E-state index contributed by atoms with van der Waals surface area (Å²) < 4.78 is 32.7. The van der Waals surface area contributed by atoms with Crippen LogP contribution in [0, 0.1) is 11.3 Å². The summed E-state index contributed by atoms with van der Waals surface area (Å²) in [5.41, 5.74) is 0.214. The van der Waals surface area contributed by atoms with Gasteiger partial charge in [-0.1, -0.05) is 12.1 Å². The molecule has 6 nitrogen and oxygen atoms in total. The molecular formula is C18H25N3O3S. The first-order valence-corrected chi connectivity index (χ1v) is 10.3. The number of sulfonamides is 1. The zero-order chi connectivity index (χ0) is 17.9. The van der Waals surface area contributed by atoms with E-state index in [1.165, 1.54) is 10.4 Å². The van der Waals surface area contributed by atoms with Crippen LogP contribution in [0.1, 0.15) is 31.2 Å². The Morgan fingerprint density at radius 1 is 1.08 bits per heavy atom. The van der Waals surface area contributed by atoms with E-state index in [1.807, 2.05) is 6.07 Å². The molecule has 0 amide bonds. The van der Waals surface area contributed by atoms with Gasteiger partial charge in [-0.3, -0.25) is 0 Å². The number of ether oxygens (including phenoxy) is 1. The smallest absolute Gasteiger partial charge is 0.244 e. The summed E-state index contributed by atoms with van der Waals surface area (Å²) in [6, 6.07) is 8.86. The van der Waals surface area contributed by atoms with Gasteiger partial charge in [0.05, 0.1) is 16.6 Å². The van der Waals surface area contributed by atoms with Crippen molar-refractivity contribution in [1.82, 2.24) is 9.21 Å². The maximum atomic E-state index is 12.9. The third-order valence-electron chi connectivity index (χ3n) is 5.38. The molecule has 0 radical (unpaired) electrons. The highest BCUT2D eigenvalue weighted by atomic mass is 32.2. The molecule has 1 aromatic carbocycles. The molecule has 0 atom stereocenters. The van der Waals surface area contributed by atoms with E-state index >= 15 is 0 Å². The monoisotopic (exact) mass is 363 g/mol. The average Bonchev–Trinajstić information content (AvgIpc) is 2.68. The number of methoxy groups -OCH3 is 1. The molecule has 0 spiro atoms. The highest BCUT2D eigenvalue weighted by Gasteiger charge is 2.33. The van der Waals surface area contributed by atoms with Crippen molar-refractivity contribution in [1.29, 1.82) is 5.26 Å². The van der Waals surface area contributed by atoms with Gasteiger partial charge in [-0.15, -0.1) is 0 Å². The van der Waals surface area contributed by atoms with E-state index < -0.39 is 10.0 Å². The van der Waals surface area contributed by atoms with Crippen molar-refractivity contribution in [2.45, 2.75) is 42.7 Å². The van der Waals surface area contributed by atoms with E-state index in [1.54, 1.807) is 25.3 Å². The van der Waals surface area contributed by atoms with Crippen LogP contribution in [0.15, 0.2) is 29.2 Å². The van der Waals surface area contributed by atoms with Gasteiger partial charge in [-0.2, -0.15) is 9.57 Å². The maximum Gasteiger partial charge on any atom is 0.244 e. The molecule has 0 bridgehead atoms. The van der Waals surface area contributed by atoms with E-state index in [0.717, 1.165) is 38.8 Å². The van der Waals surface area contributed by atoms with Gasteiger partial charge in [0.2, 0.25) is 10.0 Å². The van der Waals surface area contributed by atoms with Gasteiger partial charge in [-0.25, -0.2) is 8.42 Å². The van der Waals surface area contributed by atoms with Crippen molar-refractivity contribution in [3.63, 3.8) is 0 Å². The summed E-state index contributed by atoms with van der Waals surface area (Å²) >= 11 is 0. The fraction of sp³-hybridized carbons (Fsp3) is 0.611. The number of nitriles is 1. The molecule has 0 aliphatic carbocycles. The van der Waals surface area contributed by atoms with Crippen LogP contribution < -0.4 is 0 Å². The van der Waals surface area contributed by atoms with E-state index in [0.29, 0.717) is 25.2 Å². The summed E-state index contributed by atoms with van der Waals surface area (Å²) in [5, 5.41) is 9.18. The number of hydrogen-bond acceptors (Lipinski definition) is 5. The van der Waals surface area contributed by atoms with Crippen LogP contribution in [0.2, 0.25) is 0 Å². The van der Waals surface area contributed by atoms with Crippen LogP contribution in [0.5, 0.6) is 0 Å². The third-order valence-corrected chi connectivity index (χ3v) is 7.33. The number of hydrogen-bond donors (Lipinski definition) is 0. The fourth-order valence-electron chi connectivity index (χ4n) is 3.85. The van der Waals surface area contributed by atoms with Crippen LogP contribution in [-0.2, 0) is 14.8 Å². The van der Waals surface area contributed by atoms with Crippen LogP contribution >= 0.6 is 0 Å². The van der Waals surface area contributed by atoms with Crippen molar-refractivity contribution >= 4 is 10.0 Å². The van der Waals surface area contributed by atoms with Crippen LogP contribution in [0.3, 0.4) is 0 Å². The zero-order valence-corrected chi connectivity index (χ0v) is 15.4. The highest BCUT2D eigenvalue weighted by molar-refractivity contribution is 7.89. The van der Waals surface area contributed by atoms with E-state index in [9.17, 15) is 13.7 Å². The Labute approximate surface area is 150 Å². The molecule has 0 saturated carbocycles. The standard InChI is InChI=1S/C18H25N3O3S/c1-24-17-8-10-20(11-9-17)16-6-12-21(13-7-16)25(22,23)18-5-3-2-4-15(18)14-19/h2-5,16-17H,6-13H2,1H3. The number of benzene rings is 1. The first-order chi connectivity index (χ1) is 12.1. The Bertz CT molecular complexity index is 728. The number of nitrogens with zero attached hydrogens (tertiary/aromatic N) is 3. The van der Waals surface area contributed by atoms with E-state index in [2.05, 4.69) is 4.90 Å². The molecule has 3 rings (SSSR count). The molecule has 0 aromatic heterocycles. The van der Waals surface area contributed by atoms with Crippen molar-refractivity contribution in [2.24, 2.45) is 0 Å². The molecule has 2 heterocycles. The Kier molecular flexibility index (Phi) is 5.74. The minimum absolute atomic E-state index is 0.122. The van der Waals surface area contributed by atoms with Gasteiger partial charge < -0.3 is 9.64 Å². The molecule has 25 heavy (non-hydrogen) atoms. The Morgan fingerprint density at radius 3 is 2.32 bits per heavy atom. The average molecular weight is 363 g/mol. The predicted molar refractivity (Wildman–Crippen MR) is 94.5 cm³/mol. The summed E-state index contributed by atoms with van der Waals surface area (Å²) in [4.78, 5) is 2.60. The molecule has 1 aromatic rings. The minimum Gasteiger partial charge on any atom is -0.381 e. The summed E-state index contributed by atoms with van der Waals surface area (Å²) in [6.07, 6.45) is 4.13. The van der Waals surface area contributed by atoms with Crippen LogP contribution in [-0.4, -0.2) is 63.1 Å². The second kappa shape index (κ2) is 7.83. The summed E-state index contributed by atoms with van der Waals surface area (Å²) in [7, 11) is -1.83. The first kappa shape index (κ1) is 18.3. The molecule has 2 aliphatic heterocycles. The second-order valence-corrected chi connectivity index (χ2v) is 8.62. The molecule has 0 N–H and O–H groups in total. The van der Waals surface area contributed by atoms with E-state index in [-0.39, 0.29) is 10.5 Å². The van der Waals surface area contributed by atoms with Gasteiger partial charge in [0.15, 0.2) is 0 Å². The quantitative estimate of drug-likeness (QED) is 0.816. The van der Waals surface area contributed by atoms with Crippen molar-refractivity contribution in [3.8, 4) is 6.07 Å². The molecule has 136 valence electrons. The van der Waals surface area contributed by atoms with Gasteiger partial charge in [0, 0.05) is 39.3 Å². The Hall–Kier alpha value is -1.46. The fourth-order valence-corrected chi connectivity index (χ4v) is 5.46. The topological polar surface area (TPSA) is 73.6 Å². The Morgan fingerprint density at radius 2 is 1.72 bits per heavy atom. The molecule has 2 fully saturated rings. The number of rotatable bonds is 4. The molecule has 2 aliphatic rings. The zero-order valence-electron chi connectivity index (χ0n) is 14.6. The highest BCUT2D eigenvalue weighted by Crippen LogP contribution is 2.26. The lowest BCUT2D eigenvalue weighted by atomic mass is 10.00. The maximum absolute atomic E-state index is 12.9. The van der Waals surface area contributed by atoms with Crippen molar-refractivity contribution in [2.75, 3.05) is 33.3 Å². The third kappa shape index (κ3) is 3.87. The van der Waals surface area contributed by atoms with E-state index in [4.69, 9.17) is 4.74 Å². The molecule has 7 heteroatoms.